The Morgan fingerprint density at radius 1 is 1.10 bits per heavy atom. The Morgan fingerprint density at radius 2 is 1.87 bits per heavy atom. The van der Waals surface area contributed by atoms with Gasteiger partial charge in [0.15, 0.2) is 10.7 Å². The summed E-state index contributed by atoms with van der Waals surface area (Å²) in [6.45, 7) is 2.03. The molecule has 6 nitrogen and oxygen atoms in total. The number of hydrogen-bond donors (Lipinski definition) is 2. The Balaban J connectivity index is 1.49. The molecule has 0 saturated carbocycles. The maximum atomic E-state index is 12.6. The third-order valence-corrected chi connectivity index (χ3v) is 5.27. The number of aryl methyl sites for hydroxylation is 1. The summed E-state index contributed by atoms with van der Waals surface area (Å²) in [6, 6.07) is 18.6. The van der Waals surface area contributed by atoms with Gasteiger partial charge in [0.25, 0.3) is 5.91 Å². The number of aromatic nitrogens is 1. The lowest BCUT2D eigenvalue weighted by atomic mass is 10.1. The molecule has 0 fully saturated rings. The van der Waals surface area contributed by atoms with Gasteiger partial charge >= 0.3 is 0 Å². The van der Waals surface area contributed by atoms with E-state index in [4.69, 9.17) is 21.4 Å². The van der Waals surface area contributed by atoms with Crippen LogP contribution in [0.2, 0.25) is 0 Å². The lowest BCUT2D eigenvalue weighted by Gasteiger charge is -2.12. The summed E-state index contributed by atoms with van der Waals surface area (Å²) in [5.41, 5.74) is 4.47. The predicted molar refractivity (Wildman–Crippen MR) is 129 cm³/mol. The van der Waals surface area contributed by atoms with Crippen molar-refractivity contribution in [3.8, 4) is 17.2 Å². The van der Waals surface area contributed by atoms with Gasteiger partial charge in [-0.15, -0.1) is 0 Å². The Bertz CT molecular complexity index is 1290. The van der Waals surface area contributed by atoms with Crippen molar-refractivity contribution in [1.29, 1.82) is 0 Å². The summed E-state index contributed by atoms with van der Waals surface area (Å²) >= 11 is 8.66. The maximum absolute atomic E-state index is 12.6. The highest BCUT2D eigenvalue weighted by molar-refractivity contribution is 9.10. The van der Waals surface area contributed by atoms with Crippen LogP contribution in [0, 0.1) is 6.92 Å². The van der Waals surface area contributed by atoms with Crippen LogP contribution < -0.4 is 15.4 Å². The van der Waals surface area contributed by atoms with E-state index in [0.29, 0.717) is 34.0 Å². The zero-order chi connectivity index (χ0) is 22.0. The van der Waals surface area contributed by atoms with E-state index >= 15 is 0 Å². The molecular formula is C23H18BrN3O3S. The fourth-order valence-corrected chi connectivity index (χ4v) is 3.59. The highest BCUT2D eigenvalue weighted by Crippen LogP contribution is 2.27. The minimum Gasteiger partial charge on any atom is -0.496 e. The number of anilines is 1. The van der Waals surface area contributed by atoms with Gasteiger partial charge in [-0.05, 0) is 67.7 Å². The molecule has 2 N–H and O–H groups in total. The number of nitrogens with one attached hydrogen (secondary N) is 2. The number of carbonyl (C=O) groups excluding carboxylic acids is 1. The van der Waals surface area contributed by atoms with Crippen molar-refractivity contribution in [2.45, 2.75) is 6.92 Å². The monoisotopic (exact) mass is 495 g/mol. The van der Waals surface area contributed by atoms with Crippen LogP contribution >= 0.6 is 28.1 Å². The molecule has 0 radical (unpaired) electrons. The Labute approximate surface area is 192 Å². The second-order valence-electron chi connectivity index (χ2n) is 6.82. The number of amides is 1. The number of thiocarbonyl (C=S) groups is 1. The van der Waals surface area contributed by atoms with E-state index in [1.165, 1.54) is 12.7 Å². The molecule has 4 aromatic rings. The summed E-state index contributed by atoms with van der Waals surface area (Å²) in [7, 11) is 1.51. The molecule has 0 bridgehead atoms. The van der Waals surface area contributed by atoms with Crippen LogP contribution in [0.25, 0.3) is 22.6 Å². The van der Waals surface area contributed by atoms with Crippen LogP contribution in [0.5, 0.6) is 5.75 Å². The van der Waals surface area contributed by atoms with Gasteiger partial charge in [0.05, 0.1) is 12.7 Å². The summed E-state index contributed by atoms with van der Waals surface area (Å²) in [5, 5.41) is 5.84. The van der Waals surface area contributed by atoms with E-state index in [2.05, 4.69) is 31.5 Å². The quantitative estimate of drug-likeness (QED) is 0.353. The van der Waals surface area contributed by atoms with Gasteiger partial charge < -0.3 is 14.5 Å². The predicted octanol–water partition coefficient (Wildman–Crippen LogP) is 5.70. The summed E-state index contributed by atoms with van der Waals surface area (Å²) < 4.78 is 11.9. The van der Waals surface area contributed by atoms with E-state index in [0.717, 1.165) is 10.0 Å². The topological polar surface area (TPSA) is 76.4 Å². The minimum absolute atomic E-state index is 0.161. The molecule has 31 heavy (non-hydrogen) atoms. The first kappa shape index (κ1) is 21.0. The standard InChI is InChI=1S/C23H18BrN3O3S/c1-13-3-5-14(6-4-13)22-26-18-12-16(8-10-20(18)30-22)25-23(31)27-21(28)17-11-15(24)7-9-19(17)29-2/h3-12H,1-2H3,(H2,25,27,28,31). The van der Waals surface area contributed by atoms with Gasteiger partial charge in [0.1, 0.15) is 11.3 Å². The number of carbonyl (C=O) groups is 1. The van der Waals surface area contributed by atoms with E-state index in [1.807, 2.05) is 49.4 Å². The van der Waals surface area contributed by atoms with E-state index in [-0.39, 0.29) is 11.0 Å². The second kappa shape index (κ2) is 8.87. The highest BCUT2D eigenvalue weighted by Gasteiger charge is 2.15. The van der Waals surface area contributed by atoms with Crippen molar-refractivity contribution in [2.24, 2.45) is 0 Å². The molecule has 8 heteroatoms. The first-order valence-corrected chi connectivity index (χ1v) is 10.6. The number of ether oxygens (including phenoxy) is 1. The van der Waals surface area contributed by atoms with E-state index in [9.17, 15) is 4.79 Å². The molecule has 0 spiro atoms. The van der Waals surface area contributed by atoms with Crippen LogP contribution in [0.1, 0.15) is 15.9 Å². The number of methoxy groups -OCH3 is 1. The largest absolute Gasteiger partial charge is 0.496 e. The number of benzene rings is 3. The number of halogens is 1. The highest BCUT2D eigenvalue weighted by atomic mass is 79.9. The molecule has 0 unspecified atom stereocenters. The van der Waals surface area contributed by atoms with Gasteiger partial charge in [-0.1, -0.05) is 33.6 Å². The third kappa shape index (κ3) is 4.76. The van der Waals surface area contributed by atoms with Gasteiger partial charge in [0, 0.05) is 15.7 Å². The summed E-state index contributed by atoms with van der Waals surface area (Å²) in [5.74, 6) is 0.626. The molecule has 4 rings (SSSR count). The van der Waals surface area contributed by atoms with E-state index < -0.39 is 0 Å². The molecule has 1 heterocycles. The Hall–Kier alpha value is -3.23. The van der Waals surface area contributed by atoms with Crippen molar-refractivity contribution in [3.05, 3.63) is 76.3 Å². The third-order valence-electron chi connectivity index (χ3n) is 4.58. The van der Waals surface area contributed by atoms with Crippen molar-refractivity contribution < 1.29 is 13.9 Å². The number of rotatable bonds is 4. The molecular weight excluding hydrogens is 478 g/mol. The lowest BCUT2D eigenvalue weighted by Crippen LogP contribution is -2.34. The zero-order valence-corrected chi connectivity index (χ0v) is 19.1. The van der Waals surface area contributed by atoms with Crippen molar-refractivity contribution >= 4 is 56.0 Å². The summed E-state index contributed by atoms with van der Waals surface area (Å²) in [6.07, 6.45) is 0. The smallest absolute Gasteiger partial charge is 0.261 e. The Morgan fingerprint density at radius 3 is 2.61 bits per heavy atom. The SMILES string of the molecule is COc1ccc(Br)cc1C(=O)NC(=S)Nc1ccc2oc(-c3ccc(C)cc3)nc2c1. The minimum atomic E-state index is -0.375. The van der Waals surface area contributed by atoms with Gasteiger partial charge in [-0.25, -0.2) is 4.98 Å². The normalized spacial score (nSPS) is 10.7. The van der Waals surface area contributed by atoms with Crippen LogP contribution in [-0.2, 0) is 0 Å². The van der Waals surface area contributed by atoms with Gasteiger partial charge in [-0.2, -0.15) is 0 Å². The maximum Gasteiger partial charge on any atom is 0.261 e. The molecule has 0 saturated heterocycles. The first-order valence-electron chi connectivity index (χ1n) is 9.36. The number of hydrogen-bond acceptors (Lipinski definition) is 5. The number of nitrogens with zero attached hydrogens (tertiary/aromatic N) is 1. The van der Waals surface area contributed by atoms with Crippen LogP contribution in [-0.4, -0.2) is 23.1 Å². The molecule has 0 aliphatic carbocycles. The van der Waals surface area contributed by atoms with Crippen LogP contribution in [0.3, 0.4) is 0 Å². The van der Waals surface area contributed by atoms with Crippen LogP contribution in [0.4, 0.5) is 5.69 Å². The number of fused-ring (bicyclic) bond motifs is 1. The molecule has 1 amide bonds. The first-order chi connectivity index (χ1) is 14.9. The molecule has 0 aliphatic rings. The molecule has 0 atom stereocenters. The van der Waals surface area contributed by atoms with E-state index in [1.54, 1.807) is 18.2 Å². The molecule has 0 aliphatic heterocycles. The molecule has 3 aromatic carbocycles. The fraction of sp³-hybridized carbons (Fsp3) is 0.0870. The molecule has 156 valence electrons. The van der Waals surface area contributed by atoms with Gasteiger partial charge in [0.2, 0.25) is 5.89 Å². The van der Waals surface area contributed by atoms with Crippen molar-refractivity contribution in [3.63, 3.8) is 0 Å². The van der Waals surface area contributed by atoms with Crippen molar-refractivity contribution in [2.75, 3.05) is 12.4 Å². The second-order valence-corrected chi connectivity index (χ2v) is 8.14. The average Bonchev–Trinajstić information content (AvgIpc) is 3.17. The molecule has 1 aromatic heterocycles. The van der Waals surface area contributed by atoms with Crippen LogP contribution in [0.15, 0.2) is 69.6 Å². The fourth-order valence-electron chi connectivity index (χ4n) is 3.02. The van der Waals surface area contributed by atoms with Crippen molar-refractivity contribution in [1.82, 2.24) is 10.3 Å². The van der Waals surface area contributed by atoms with Gasteiger partial charge in [-0.3, -0.25) is 10.1 Å². The number of oxazole rings is 1. The zero-order valence-electron chi connectivity index (χ0n) is 16.7. The Kier molecular flexibility index (Phi) is 6.01. The average molecular weight is 496 g/mol. The summed E-state index contributed by atoms with van der Waals surface area (Å²) in [4.78, 5) is 17.2. The lowest BCUT2D eigenvalue weighted by molar-refractivity contribution is 0.0974.